The van der Waals surface area contributed by atoms with Gasteiger partial charge in [-0.25, -0.2) is 0 Å². The number of piperidine rings is 1. The van der Waals surface area contributed by atoms with Gasteiger partial charge in [-0.2, -0.15) is 0 Å². The third-order valence-corrected chi connectivity index (χ3v) is 3.94. The number of nitrogens with zero attached hydrogens (tertiary/aromatic N) is 2. The third-order valence-electron chi connectivity index (χ3n) is 3.94. The number of oxime groups is 1. The van der Waals surface area contributed by atoms with Gasteiger partial charge in [0.2, 0.25) is 5.91 Å². The molecule has 1 aromatic rings. The fraction of sp³-hybridized carbons (Fsp3) is 0.467. The summed E-state index contributed by atoms with van der Waals surface area (Å²) in [6, 6.07) is 9.75. The Morgan fingerprint density at radius 2 is 2.15 bits per heavy atom. The summed E-state index contributed by atoms with van der Waals surface area (Å²) in [4.78, 5) is 14.4. The van der Waals surface area contributed by atoms with Crippen molar-refractivity contribution in [2.45, 2.75) is 25.7 Å². The molecular formula is C15H21N3O2. The molecule has 1 amide bonds. The second-order valence-electron chi connectivity index (χ2n) is 5.28. The number of hydrogen-bond acceptors (Lipinski definition) is 3. The first-order valence-corrected chi connectivity index (χ1v) is 6.94. The van der Waals surface area contributed by atoms with Crippen LogP contribution in [0.2, 0.25) is 0 Å². The number of benzene rings is 1. The fourth-order valence-electron chi connectivity index (χ4n) is 2.66. The van der Waals surface area contributed by atoms with Crippen molar-refractivity contribution in [1.82, 2.24) is 4.90 Å². The van der Waals surface area contributed by atoms with Crippen LogP contribution in [-0.4, -0.2) is 34.9 Å². The van der Waals surface area contributed by atoms with Gasteiger partial charge in [-0.05, 0) is 25.3 Å². The van der Waals surface area contributed by atoms with Gasteiger partial charge in [0.05, 0.1) is 5.92 Å². The first kappa shape index (κ1) is 14.4. The Labute approximate surface area is 119 Å². The molecule has 2 atom stereocenters. The van der Waals surface area contributed by atoms with Crippen molar-refractivity contribution in [3.8, 4) is 0 Å². The highest BCUT2D eigenvalue weighted by molar-refractivity contribution is 5.86. The number of amidine groups is 1. The van der Waals surface area contributed by atoms with Gasteiger partial charge in [0.25, 0.3) is 0 Å². The number of nitrogens with two attached hydrogens (primary N) is 1. The SMILES string of the molecule is CC(C(=O)N1CCCC(/C(N)=N/O)C1)c1ccccc1. The summed E-state index contributed by atoms with van der Waals surface area (Å²) in [5.74, 6) is 0.115. The maximum Gasteiger partial charge on any atom is 0.229 e. The monoisotopic (exact) mass is 275 g/mol. The van der Waals surface area contributed by atoms with Crippen molar-refractivity contribution in [2.24, 2.45) is 16.8 Å². The molecule has 2 unspecified atom stereocenters. The molecule has 1 heterocycles. The standard InChI is InChI=1S/C15H21N3O2/c1-11(12-6-3-2-4-7-12)15(19)18-9-5-8-13(10-18)14(16)17-20/h2-4,6-7,11,13,20H,5,8-10H2,1H3,(H2,16,17). The lowest BCUT2D eigenvalue weighted by atomic mass is 9.94. The molecule has 0 spiro atoms. The lowest BCUT2D eigenvalue weighted by Gasteiger charge is -2.33. The summed E-state index contributed by atoms with van der Waals surface area (Å²) in [6.45, 7) is 3.20. The van der Waals surface area contributed by atoms with Crippen molar-refractivity contribution in [1.29, 1.82) is 0 Å². The van der Waals surface area contributed by atoms with Crippen LogP contribution in [0, 0.1) is 5.92 Å². The van der Waals surface area contributed by atoms with E-state index in [9.17, 15) is 4.79 Å². The lowest BCUT2D eigenvalue weighted by Crippen LogP contribution is -2.45. The van der Waals surface area contributed by atoms with Crippen LogP contribution < -0.4 is 5.73 Å². The van der Waals surface area contributed by atoms with Gasteiger partial charge in [-0.15, -0.1) is 0 Å². The molecule has 0 aliphatic carbocycles. The molecule has 0 saturated carbocycles. The van der Waals surface area contributed by atoms with E-state index in [1.165, 1.54) is 0 Å². The second-order valence-corrected chi connectivity index (χ2v) is 5.28. The molecule has 1 aromatic carbocycles. The fourth-order valence-corrected chi connectivity index (χ4v) is 2.66. The van der Waals surface area contributed by atoms with Gasteiger partial charge < -0.3 is 15.8 Å². The second kappa shape index (κ2) is 6.41. The minimum atomic E-state index is -0.165. The molecule has 0 bridgehead atoms. The zero-order chi connectivity index (χ0) is 14.5. The molecule has 1 aliphatic heterocycles. The van der Waals surface area contributed by atoms with Crippen molar-refractivity contribution in [2.75, 3.05) is 13.1 Å². The van der Waals surface area contributed by atoms with Crippen LogP contribution in [0.1, 0.15) is 31.2 Å². The van der Waals surface area contributed by atoms with Crippen molar-refractivity contribution < 1.29 is 10.0 Å². The van der Waals surface area contributed by atoms with Crippen LogP contribution in [-0.2, 0) is 4.79 Å². The van der Waals surface area contributed by atoms with Crippen LogP contribution in [0.15, 0.2) is 35.5 Å². The Balaban J connectivity index is 2.05. The molecule has 5 nitrogen and oxygen atoms in total. The molecule has 3 N–H and O–H groups in total. The van der Waals surface area contributed by atoms with E-state index in [2.05, 4.69) is 5.16 Å². The van der Waals surface area contributed by atoms with Gasteiger partial charge in [-0.1, -0.05) is 35.5 Å². The van der Waals surface area contributed by atoms with Crippen LogP contribution in [0.4, 0.5) is 0 Å². The van der Waals surface area contributed by atoms with E-state index in [0.29, 0.717) is 6.54 Å². The summed E-state index contributed by atoms with van der Waals surface area (Å²) in [7, 11) is 0. The Kier molecular flexibility index (Phi) is 4.61. The highest BCUT2D eigenvalue weighted by Gasteiger charge is 2.29. The number of carbonyl (C=O) groups is 1. The molecule has 1 saturated heterocycles. The van der Waals surface area contributed by atoms with Crippen molar-refractivity contribution in [3.63, 3.8) is 0 Å². The first-order chi connectivity index (χ1) is 9.63. The number of amides is 1. The molecule has 20 heavy (non-hydrogen) atoms. The van der Waals surface area contributed by atoms with Crippen LogP contribution >= 0.6 is 0 Å². The first-order valence-electron chi connectivity index (χ1n) is 6.94. The normalized spacial score (nSPS) is 21.6. The molecule has 108 valence electrons. The highest BCUT2D eigenvalue weighted by atomic mass is 16.4. The number of rotatable bonds is 3. The average Bonchev–Trinajstić information content (AvgIpc) is 2.53. The summed E-state index contributed by atoms with van der Waals surface area (Å²) in [5.41, 5.74) is 6.68. The Morgan fingerprint density at radius 1 is 1.45 bits per heavy atom. The zero-order valence-corrected chi connectivity index (χ0v) is 11.7. The van der Waals surface area contributed by atoms with Gasteiger partial charge in [0, 0.05) is 19.0 Å². The van der Waals surface area contributed by atoms with Crippen LogP contribution in [0.5, 0.6) is 0 Å². The predicted molar refractivity (Wildman–Crippen MR) is 77.6 cm³/mol. The van der Waals surface area contributed by atoms with E-state index >= 15 is 0 Å². The molecule has 2 rings (SSSR count). The molecule has 0 radical (unpaired) electrons. The summed E-state index contributed by atoms with van der Waals surface area (Å²) in [6.07, 6.45) is 1.74. The summed E-state index contributed by atoms with van der Waals surface area (Å²) in [5, 5.41) is 11.8. The van der Waals surface area contributed by atoms with E-state index in [1.54, 1.807) is 0 Å². The molecule has 5 heteroatoms. The maximum atomic E-state index is 12.5. The Hall–Kier alpha value is -2.04. The molecule has 0 aromatic heterocycles. The van der Waals surface area contributed by atoms with E-state index < -0.39 is 0 Å². The quantitative estimate of drug-likeness (QED) is 0.382. The molecule has 1 fully saturated rings. The smallest absolute Gasteiger partial charge is 0.229 e. The summed E-state index contributed by atoms with van der Waals surface area (Å²) >= 11 is 0. The van der Waals surface area contributed by atoms with E-state index in [4.69, 9.17) is 10.9 Å². The van der Waals surface area contributed by atoms with Gasteiger partial charge in [0.1, 0.15) is 5.84 Å². The van der Waals surface area contributed by atoms with E-state index in [1.807, 2.05) is 42.2 Å². The van der Waals surface area contributed by atoms with E-state index in [-0.39, 0.29) is 23.6 Å². The van der Waals surface area contributed by atoms with Crippen LogP contribution in [0.3, 0.4) is 0 Å². The highest BCUT2D eigenvalue weighted by Crippen LogP contribution is 2.23. The number of carbonyl (C=O) groups excluding carboxylic acids is 1. The number of likely N-dealkylation sites (tertiary alicyclic amines) is 1. The zero-order valence-electron chi connectivity index (χ0n) is 11.7. The van der Waals surface area contributed by atoms with Gasteiger partial charge in [-0.3, -0.25) is 4.79 Å². The topological polar surface area (TPSA) is 78.9 Å². The lowest BCUT2D eigenvalue weighted by molar-refractivity contribution is -0.133. The summed E-state index contributed by atoms with van der Waals surface area (Å²) < 4.78 is 0. The van der Waals surface area contributed by atoms with Crippen molar-refractivity contribution >= 4 is 11.7 Å². The third kappa shape index (κ3) is 3.10. The van der Waals surface area contributed by atoms with Crippen LogP contribution in [0.25, 0.3) is 0 Å². The minimum Gasteiger partial charge on any atom is -0.409 e. The van der Waals surface area contributed by atoms with Crippen molar-refractivity contribution in [3.05, 3.63) is 35.9 Å². The largest absolute Gasteiger partial charge is 0.409 e. The van der Waals surface area contributed by atoms with E-state index in [0.717, 1.165) is 24.9 Å². The minimum absolute atomic E-state index is 0.0410. The number of hydrogen-bond donors (Lipinski definition) is 2. The molecule has 1 aliphatic rings. The predicted octanol–water partition coefficient (Wildman–Crippen LogP) is 1.78. The molecular weight excluding hydrogens is 254 g/mol. The Morgan fingerprint density at radius 3 is 2.80 bits per heavy atom. The van der Waals surface area contributed by atoms with Gasteiger partial charge >= 0.3 is 0 Å². The average molecular weight is 275 g/mol. The maximum absolute atomic E-state index is 12.5. The van der Waals surface area contributed by atoms with Gasteiger partial charge in [0.15, 0.2) is 0 Å². The Bertz CT molecular complexity index is 487.